The van der Waals surface area contributed by atoms with Crippen molar-refractivity contribution in [3.63, 3.8) is 0 Å². The van der Waals surface area contributed by atoms with Gasteiger partial charge < -0.3 is 9.84 Å². The average molecular weight is 374 g/mol. The minimum Gasteiger partial charge on any atom is -0.490 e. The predicted octanol–water partition coefficient (Wildman–Crippen LogP) is 4.34. The number of carboxylic acids is 1. The second kappa shape index (κ2) is 6.59. The summed E-state index contributed by atoms with van der Waals surface area (Å²) in [7, 11) is 0. The fourth-order valence-electron chi connectivity index (χ4n) is 2.61. The number of halogens is 1. The van der Waals surface area contributed by atoms with E-state index >= 15 is 0 Å². The number of ether oxygens (including phenoxy) is 1. The van der Waals surface area contributed by atoms with E-state index in [1.807, 2.05) is 6.07 Å². The molecular weight excluding hydrogens is 355 g/mol. The van der Waals surface area contributed by atoms with Crippen molar-refractivity contribution in [3.8, 4) is 5.75 Å². The first-order valence-electron chi connectivity index (χ1n) is 6.79. The van der Waals surface area contributed by atoms with Gasteiger partial charge in [0.1, 0.15) is 11.3 Å². The van der Waals surface area contributed by atoms with Crippen LogP contribution in [0, 0.1) is 9.49 Å². The Kier molecular flexibility index (Phi) is 5.07. The highest BCUT2D eigenvalue weighted by atomic mass is 127. The van der Waals surface area contributed by atoms with Crippen molar-refractivity contribution in [2.24, 2.45) is 5.92 Å². The second-order valence-electron chi connectivity index (χ2n) is 5.11. The predicted molar refractivity (Wildman–Crippen MR) is 82.8 cm³/mol. The van der Waals surface area contributed by atoms with Crippen molar-refractivity contribution in [1.82, 2.24) is 0 Å². The van der Waals surface area contributed by atoms with Crippen molar-refractivity contribution >= 4 is 28.6 Å². The van der Waals surface area contributed by atoms with Crippen molar-refractivity contribution in [1.29, 1.82) is 0 Å². The number of carbonyl (C=O) groups is 1. The summed E-state index contributed by atoms with van der Waals surface area (Å²) >= 11 is 2.11. The molecule has 0 amide bonds. The van der Waals surface area contributed by atoms with E-state index in [4.69, 9.17) is 4.74 Å². The van der Waals surface area contributed by atoms with Gasteiger partial charge in [0.15, 0.2) is 0 Å². The van der Waals surface area contributed by atoms with Crippen molar-refractivity contribution < 1.29 is 14.6 Å². The van der Waals surface area contributed by atoms with Gasteiger partial charge in [0.25, 0.3) is 0 Å². The Bertz CT molecular complexity index is 451. The van der Waals surface area contributed by atoms with Crippen LogP contribution in [-0.4, -0.2) is 17.2 Å². The molecule has 1 aliphatic rings. The molecule has 0 spiro atoms. The van der Waals surface area contributed by atoms with Crippen molar-refractivity contribution in [2.45, 2.75) is 45.1 Å². The third kappa shape index (κ3) is 3.84. The van der Waals surface area contributed by atoms with E-state index in [1.54, 1.807) is 12.1 Å². The van der Waals surface area contributed by atoms with Gasteiger partial charge in [-0.25, -0.2) is 4.79 Å². The maximum Gasteiger partial charge on any atom is 0.339 e. The molecule has 0 heterocycles. The third-order valence-corrected chi connectivity index (χ3v) is 4.51. The van der Waals surface area contributed by atoms with E-state index in [9.17, 15) is 9.90 Å². The highest BCUT2D eigenvalue weighted by molar-refractivity contribution is 14.1. The molecule has 0 aromatic heterocycles. The minimum absolute atomic E-state index is 0.168. The Hall–Kier alpha value is -0.780. The number of hydrogen-bond acceptors (Lipinski definition) is 2. The van der Waals surface area contributed by atoms with Gasteiger partial charge in [0, 0.05) is 3.57 Å². The van der Waals surface area contributed by atoms with E-state index in [0.717, 1.165) is 22.3 Å². The first-order chi connectivity index (χ1) is 9.10. The number of benzene rings is 1. The quantitative estimate of drug-likeness (QED) is 0.798. The summed E-state index contributed by atoms with van der Waals surface area (Å²) in [5.41, 5.74) is 0.268. The largest absolute Gasteiger partial charge is 0.490 e. The zero-order chi connectivity index (χ0) is 13.8. The average Bonchev–Trinajstić information content (AvgIpc) is 2.41. The molecule has 1 N–H and O–H groups in total. The molecule has 1 aliphatic carbocycles. The topological polar surface area (TPSA) is 46.5 Å². The number of rotatable bonds is 4. The number of carboxylic acid groups (broad SMARTS) is 1. The van der Waals surface area contributed by atoms with Crippen LogP contribution in [0.3, 0.4) is 0 Å². The van der Waals surface area contributed by atoms with Crippen LogP contribution in [0.1, 0.15) is 49.4 Å². The highest BCUT2D eigenvalue weighted by Crippen LogP contribution is 2.31. The number of aromatic carboxylic acids is 1. The van der Waals surface area contributed by atoms with Crippen LogP contribution in [0.25, 0.3) is 0 Å². The molecule has 1 saturated carbocycles. The molecule has 104 valence electrons. The van der Waals surface area contributed by atoms with E-state index < -0.39 is 5.97 Å². The van der Waals surface area contributed by atoms with Crippen LogP contribution < -0.4 is 4.74 Å². The fraction of sp³-hybridized carbons (Fsp3) is 0.533. The first-order valence-corrected chi connectivity index (χ1v) is 7.87. The highest BCUT2D eigenvalue weighted by Gasteiger charge is 2.23. The molecule has 0 unspecified atom stereocenters. The summed E-state index contributed by atoms with van der Waals surface area (Å²) in [6.07, 6.45) is 5.84. The zero-order valence-corrected chi connectivity index (χ0v) is 13.2. The second-order valence-corrected chi connectivity index (χ2v) is 6.36. The lowest BCUT2D eigenvalue weighted by molar-refractivity contribution is 0.0683. The first kappa shape index (κ1) is 14.6. The molecule has 1 aromatic rings. The monoisotopic (exact) mass is 374 g/mol. The van der Waals surface area contributed by atoms with E-state index in [0.29, 0.717) is 5.75 Å². The maximum absolute atomic E-state index is 11.2. The van der Waals surface area contributed by atoms with Crippen LogP contribution in [0.2, 0.25) is 0 Å². The van der Waals surface area contributed by atoms with Crippen LogP contribution in [0.5, 0.6) is 5.75 Å². The van der Waals surface area contributed by atoms with Crippen molar-refractivity contribution in [2.75, 3.05) is 0 Å². The smallest absolute Gasteiger partial charge is 0.339 e. The van der Waals surface area contributed by atoms with Gasteiger partial charge in [0.05, 0.1) is 6.10 Å². The molecule has 4 heteroatoms. The molecule has 3 nitrogen and oxygen atoms in total. The lowest BCUT2D eigenvalue weighted by Gasteiger charge is -2.28. The molecule has 0 saturated heterocycles. The van der Waals surface area contributed by atoms with Gasteiger partial charge in [-0.15, -0.1) is 0 Å². The Balaban J connectivity index is 2.05. The van der Waals surface area contributed by atoms with Crippen LogP contribution in [0.4, 0.5) is 0 Å². The van der Waals surface area contributed by atoms with E-state index in [-0.39, 0.29) is 11.7 Å². The summed E-state index contributed by atoms with van der Waals surface area (Å²) in [5.74, 6) is 0.402. The van der Waals surface area contributed by atoms with Crippen molar-refractivity contribution in [3.05, 3.63) is 27.3 Å². The third-order valence-electron chi connectivity index (χ3n) is 3.84. The lowest BCUT2D eigenvalue weighted by atomic mass is 9.86. The fourth-order valence-corrected chi connectivity index (χ4v) is 3.10. The lowest BCUT2D eigenvalue weighted by Crippen LogP contribution is -2.24. The Morgan fingerprint density at radius 1 is 1.37 bits per heavy atom. The molecule has 19 heavy (non-hydrogen) atoms. The van der Waals surface area contributed by atoms with Gasteiger partial charge in [-0.1, -0.05) is 13.3 Å². The maximum atomic E-state index is 11.2. The molecule has 0 atom stereocenters. The molecule has 1 aromatic carbocycles. The summed E-state index contributed by atoms with van der Waals surface area (Å²) in [5, 5.41) is 9.22. The standard InChI is InChI=1S/C15H19IO3/c1-2-10-3-6-12(7-4-10)19-14-8-5-11(16)9-13(14)15(17)18/h5,8-10,12H,2-4,6-7H2,1H3,(H,17,18). The van der Waals surface area contributed by atoms with Gasteiger partial charge in [0.2, 0.25) is 0 Å². The van der Waals surface area contributed by atoms with Gasteiger partial charge >= 0.3 is 5.97 Å². The Morgan fingerprint density at radius 3 is 2.63 bits per heavy atom. The van der Waals surface area contributed by atoms with E-state index in [2.05, 4.69) is 29.5 Å². The SMILES string of the molecule is CCC1CCC(Oc2ccc(I)cc2C(=O)O)CC1. The molecule has 1 fully saturated rings. The molecule has 0 bridgehead atoms. The summed E-state index contributed by atoms with van der Waals surface area (Å²) in [6, 6.07) is 5.33. The minimum atomic E-state index is -0.921. The number of hydrogen-bond donors (Lipinski definition) is 1. The van der Waals surface area contributed by atoms with Gasteiger partial charge in [-0.2, -0.15) is 0 Å². The van der Waals surface area contributed by atoms with Gasteiger partial charge in [-0.3, -0.25) is 0 Å². The molecule has 2 rings (SSSR count). The van der Waals surface area contributed by atoms with Crippen LogP contribution in [-0.2, 0) is 0 Å². The van der Waals surface area contributed by atoms with Crippen LogP contribution >= 0.6 is 22.6 Å². The Labute approximate surface area is 127 Å². The molecule has 0 aliphatic heterocycles. The summed E-state index contributed by atoms with van der Waals surface area (Å²) in [6.45, 7) is 2.23. The van der Waals surface area contributed by atoms with E-state index in [1.165, 1.54) is 19.3 Å². The Morgan fingerprint density at radius 2 is 2.05 bits per heavy atom. The molecular formula is C15H19IO3. The normalized spacial score (nSPS) is 23.1. The summed E-state index contributed by atoms with van der Waals surface area (Å²) in [4.78, 5) is 11.2. The van der Waals surface area contributed by atoms with Crippen LogP contribution in [0.15, 0.2) is 18.2 Å². The molecule has 0 radical (unpaired) electrons. The van der Waals surface area contributed by atoms with Gasteiger partial charge in [-0.05, 0) is 72.4 Å². The zero-order valence-electron chi connectivity index (χ0n) is 11.1. The summed E-state index contributed by atoms with van der Waals surface area (Å²) < 4.78 is 6.83.